The molecule has 2 N–H and O–H groups in total. The van der Waals surface area contributed by atoms with Gasteiger partial charge in [-0.3, -0.25) is 0 Å². The molecule has 1 fully saturated rings. The molecular formula is C16H21N3OS. The number of nitrogens with zero attached hydrogens (tertiary/aromatic N) is 2. The highest BCUT2D eigenvalue weighted by Crippen LogP contribution is 2.30. The molecule has 1 heterocycles. The number of hydrogen-bond donors (Lipinski definition) is 1. The second-order valence-electron chi connectivity index (χ2n) is 5.49. The molecule has 0 bridgehead atoms. The first kappa shape index (κ1) is 14.6. The zero-order valence-corrected chi connectivity index (χ0v) is 12.9. The minimum absolute atomic E-state index is 0.549. The first-order chi connectivity index (χ1) is 10.3. The van der Waals surface area contributed by atoms with Crippen LogP contribution in [0.25, 0.3) is 11.5 Å². The van der Waals surface area contributed by atoms with E-state index in [0.29, 0.717) is 12.4 Å². The van der Waals surface area contributed by atoms with Gasteiger partial charge in [-0.25, -0.2) is 0 Å². The highest BCUT2D eigenvalue weighted by Gasteiger charge is 2.15. The van der Waals surface area contributed by atoms with Crippen LogP contribution in [-0.4, -0.2) is 15.4 Å². The number of nitrogens with two attached hydrogens (primary N) is 1. The Balaban J connectivity index is 1.59. The average molecular weight is 303 g/mol. The van der Waals surface area contributed by atoms with Crippen molar-refractivity contribution in [2.24, 2.45) is 5.73 Å². The van der Waals surface area contributed by atoms with Gasteiger partial charge in [0.05, 0.1) is 5.75 Å². The summed E-state index contributed by atoms with van der Waals surface area (Å²) in [6.07, 6.45) is 6.78. The molecule has 1 saturated carbocycles. The highest BCUT2D eigenvalue weighted by atomic mass is 32.2. The molecule has 1 aliphatic rings. The van der Waals surface area contributed by atoms with Gasteiger partial charge >= 0.3 is 0 Å². The van der Waals surface area contributed by atoms with Crippen molar-refractivity contribution in [1.29, 1.82) is 0 Å². The number of aromatic nitrogens is 2. The largest absolute Gasteiger partial charge is 0.334 e. The van der Waals surface area contributed by atoms with E-state index in [1.807, 2.05) is 36.0 Å². The van der Waals surface area contributed by atoms with Crippen LogP contribution in [0, 0.1) is 0 Å². The van der Waals surface area contributed by atoms with Crippen molar-refractivity contribution in [2.75, 3.05) is 0 Å². The standard InChI is InChI=1S/C16H21N3OS/c17-10-12-6-8-13(9-7-12)16-18-15(19-20-16)11-21-14-4-2-1-3-5-14/h6-9,14H,1-5,10-11,17H2. The van der Waals surface area contributed by atoms with Crippen molar-refractivity contribution in [3.05, 3.63) is 35.7 Å². The molecule has 0 radical (unpaired) electrons. The summed E-state index contributed by atoms with van der Waals surface area (Å²) in [7, 11) is 0. The van der Waals surface area contributed by atoms with Gasteiger partial charge in [0.1, 0.15) is 0 Å². The molecule has 5 heteroatoms. The summed E-state index contributed by atoms with van der Waals surface area (Å²) in [6, 6.07) is 7.95. The molecule has 0 amide bonds. The Kier molecular flexibility index (Phi) is 4.93. The average Bonchev–Trinajstić information content (AvgIpc) is 3.03. The van der Waals surface area contributed by atoms with E-state index in [4.69, 9.17) is 10.3 Å². The van der Waals surface area contributed by atoms with Crippen molar-refractivity contribution in [2.45, 2.75) is 49.7 Å². The van der Waals surface area contributed by atoms with E-state index >= 15 is 0 Å². The van der Waals surface area contributed by atoms with E-state index in [0.717, 1.165) is 28.0 Å². The van der Waals surface area contributed by atoms with Crippen molar-refractivity contribution in [3.8, 4) is 11.5 Å². The molecule has 1 aliphatic carbocycles. The summed E-state index contributed by atoms with van der Waals surface area (Å²) in [5, 5.41) is 4.86. The van der Waals surface area contributed by atoms with E-state index in [1.165, 1.54) is 32.1 Å². The van der Waals surface area contributed by atoms with Crippen molar-refractivity contribution in [3.63, 3.8) is 0 Å². The predicted octanol–water partition coefficient (Wildman–Crippen LogP) is 3.76. The third-order valence-corrected chi connectivity index (χ3v) is 5.27. The van der Waals surface area contributed by atoms with E-state index in [9.17, 15) is 0 Å². The maximum absolute atomic E-state index is 5.60. The lowest BCUT2D eigenvalue weighted by atomic mass is 10.0. The van der Waals surface area contributed by atoms with Crippen LogP contribution in [0.4, 0.5) is 0 Å². The normalized spacial score (nSPS) is 16.2. The molecule has 2 aromatic rings. The van der Waals surface area contributed by atoms with Gasteiger partial charge in [-0.2, -0.15) is 16.7 Å². The summed E-state index contributed by atoms with van der Waals surface area (Å²) >= 11 is 1.96. The number of hydrogen-bond acceptors (Lipinski definition) is 5. The van der Waals surface area contributed by atoms with Crippen LogP contribution in [-0.2, 0) is 12.3 Å². The summed E-state index contributed by atoms with van der Waals surface area (Å²) in [4.78, 5) is 4.49. The fourth-order valence-corrected chi connectivity index (χ4v) is 3.81. The molecule has 4 nitrogen and oxygen atoms in total. The maximum atomic E-state index is 5.60. The molecule has 112 valence electrons. The predicted molar refractivity (Wildman–Crippen MR) is 85.8 cm³/mol. The van der Waals surface area contributed by atoms with Gasteiger partial charge in [0.25, 0.3) is 5.89 Å². The summed E-state index contributed by atoms with van der Waals surface area (Å²) in [5.41, 5.74) is 7.65. The SMILES string of the molecule is NCc1ccc(-c2nc(CSC3CCCCC3)no2)cc1. The summed E-state index contributed by atoms with van der Waals surface area (Å²) in [6.45, 7) is 0.549. The number of thioether (sulfide) groups is 1. The molecule has 0 atom stereocenters. The molecule has 0 aliphatic heterocycles. The van der Waals surface area contributed by atoms with Gasteiger partial charge in [0.2, 0.25) is 0 Å². The lowest BCUT2D eigenvalue weighted by molar-refractivity contribution is 0.425. The van der Waals surface area contributed by atoms with Gasteiger partial charge in [-0.1, -0.05) is 36.6 Å². The molecule has 1 aromatic carbocycles. The zero-order chi connectivity index (χ0) is 14.5. The van der Waals surface area contributed by atoms with Crippen molar-refractivity contribution >= 4 is 11.8 Å². The zero-order valence-electron chi connectivity index (χ0n) is 12.1. The van der Waals surface area contributed by atoms with Crippen LogP contribution >= 0.6 is 11.8 Å². The Morgan fingerprint density at radius 3 is 2.62 bits per heavy atom. The van der Waals surface area contributed by atoms with Crippen LogP contribution < -0.4 is 5.73 Å². The van der Waals surface area contributed by atoms with Crippen LogP contribution in [0.15, 0.2) is 28.8 Å². The highest BCUT2D eigenvalue weighted by molar-refractivity contribution is 7.99. The van der Waals surface area contributed by atoms with Gasteiger partial charge in [0, 0.05) is 17.4 Å². The van der Waals surface area contributed by atoms with Crippen LogP contribution in [0.1, 0.15) is 43.5 Å². The van der Waals surface area contributed by atoms with Crippen LogP contribution in [0.3, 0.4) is 0 Å². The number of benzene rings is 1. The molecule has 0 saturated heterocycles. The molecule has 0 spiro atoms. The van der Waals surface area contributed by atoms with Gasteiger partial charge in [0.15, 0.2) is 5.82 Å². The molecule has 0 unspecified atom stereocenters. The lowest BCUT2D eigenvalue weighted by Gasteiger charge is -2.19. The molecule has 3 rings (SSSR count). The fourth-order valence-electron chi connectivity index (χ4n) is 2.64. The van der Waals surface area contributed by atoms with E-state index in [-0.39, 0.29) is 0 Å². The minimum Gasteiger partial charge on any atom is -0.334 e. The van der Waals surface area contributed by atoms with Crippen molar-refractivity contribution in [1.82, 2.24) is 10.1 Å². The van der Waals surface area contributed by atoms with Crippen LogP contribution in [0.2, 0.25) is 0 Å². The minimum atomic E-state index is 0.549. The van der Waals surface area contributed by atoms with E-state index in [1.54, 1.807) is 0 Å². The molecule has 21 heavy (non-hydrogen) atoms. The lowest BCUT2D eigenvalue weighted by Crippen LogP contribution is -2.08. The monoisotopic (exact) mass is 303 g/mol. The quantitative estimate of drug-likeness (QED) is 0.911. The van der Waals surface area contributed by atoms with Gasteiger partial charge < -0.3 is 10.3 Å². The molecular weight excluding hydrogens is 282 g/mol. The topological polar surface area (TPSA) is 64.9 Å². The second-order valence-corrected chi connectivity index (χ2v) is 6.78. The summed E-state index contributed by atoms with van der Waals surface area (Å²) in [5.74, 6) is 2.23. The third-order valence-electron chi connectivity index (χ3n) is 3.91. The Labute approximate surface area is 129 Å². The Morgan fingerprint density at radius 2 is 1.90 bits per heavy atom. The van der Waals surface area contributed by atoms with Gasteiger partial charge in [-0.05, 0) is 30.5 Å². The Hall–Kier alpha value is -1.33. The van der Waals surface area contributed by atoms with E-state index < -0.39 is 0 Å². The second kappa shape index (κ2) is 7.09. The first-order valence-corrected chi connectivity index (χ1v) is 8.63. The van der Waals surface area contributed by atoms with Crippen molar-refractivity contribution < 1.29 is 4.52 Å². The molecule has 1 aromatic heterocycles. The van der Waals surface area contributed by atoms with Crippen LogP contribution in [0.5, 0.6) is 0 Å². The fraction of sp³-hybridized carbons (Fsp3) is 0.500. The Morgan fingerprint density at radius 1 is 1.14 bits per heavy atom. The third kappa shape index (κ3) is 3.86. The Bertz CT molecular complexity index is 561. The first-order valence-electron chi connectivity index (χ1n) is 7.59. The maximum Gasteiger partial charge on any atom is 0.257 e. The van der Waals surface area contributed by atoms with E-state index in [2.05, 4.69) is 10.1 Å². The van der Waals surface area contributed by atoms with Gasteiger partial charge in [-0.15, -0.1) is 0 Å². The smallest absolute Gasteiger partial charge is 0.257 e. The number of rotatable bonds is 5. The summed E-state index contributed by atoms with van der Waals surface area (Å²) < 4.78 is 5.36.